The first-order valence-corrected chi connectivity index (χ1v) is 20.7. The Morgan fingerprint density at radius 1 is 0.759 bits per heavy atom. The van der Waals surface area contributed by atoms with Gasteiger partial charge in [0.1, 0.15) is 37.6 Å². The van der Waals surface area contributed by atoms with E-state index in [1.54, 1.807) is 12.2 Å². The van der Waals surface area contributed by atoms with E-state index in [2.05, 4.69) is 13.8 Å². The Bertz CT molecular complexity index is 1700. The number of rotatable bonds is 13. The SMILES string of the molecule is CC(C)[C@H]1CC[C@@](O)(COC(=O)C2=C[C@@H]3[C@@H](C(C)C)CC[C@@](O)(COC(=O)/C(=C/[C@H]4C=C(CO)CC[C@@H]4C(C)C)CO)[C@H]3C(=O)OC2)[C@H]2C(=O)OCC(C(=O)O)=C[C@H]12. The summed E-state index contributed by atoms with van der Waals surface area (Å²) in [4.78, 5) is 66.3. The highest BCUT2D eigenvalue weighted by molar-refractivity contribution is 5.91. The fourth-order valence-electron chi connectivity index (χ4n) is 10.2. The molecule has 0 spiro atoms. The summed E-state index contributed by atoms with van der Waals surface area (Å²) in [5, 5.41) is 53.7. The second-order valence-corrected chi connectivity index (χ2v) is 18.1. The summed E-state index contributed by atoms with van der Waals surface area (Å²) < 4.78 is 22.2. The van der Waals surface area contributed by atoms with E-state index in [0.29, 0.717) is 12.8 Å². The minimum atomic E-state index is -1.88. The van der Waals surface area contributed by atoms with Crippen LogP contribution in [-0.4, -0.2) is 106 Å². The molecule has 2 aliphatic heterocycles. The third kappa shape index (κ3) is 9.61. The van der Waals surface area contributed by atoms with Crippen LogP contribution in [0.1, 0.15) is 80.1 Å². The van der Waals surface area contributed by atoms with Crippen LogP contribution in [0.25, 0.3) is 0 Å². The maximum Gasteiger partial charge on any atom is 0.337 e. The lowest BCUT2D eigenvalue weighted by Crippen LogP contribution is -2.55. The van der Waals surface area contributed by atoms with Crippen LogP contribution in [0.5, 0.6) is 0 Å². The van der Waals surface area contributed by atoms with Gasteiger partial charge in [0, 0.05) is 0 Å². The summed E-state index contributed by atoms with van der Waals surface area (Å²) in [6, 6.07) is 0. The maximum atomic E-state index is 13.8. The number of fused-ring (bicyclic) bond motifs is 2. The zero-order valence-electron chi connectivity index (χ0n) is 34.6. The predicted molar refractivity (Wildman–Crippen MR) is 208 cm³/mol. The van der Waals surface area contributed by atoms with Crippen LogP contribution in [0.3, 0.4) is 0 Å². The molecule has 0 aromatic rings. The molecule has 14 heteroatoms. The van der Waals surface area contributed by atoms with Gasteiger partial charge in [-0.15, -0.1) is 0 Å². The molecule has 0 unspecified atom stereocenters. The fraction of sp³-hybridized carbons (Fsp3) is 0.705. The molecule has 0 aromatic heterocycles. The number of ether oxygens (including phenoxy) is 4. The van der Waals surface area contributed by atoms with Crippen LogP contribution >= 0.6 is 0 Å². The van der Waals surface area contributed by atoms with Gasteiger partial charge in [0.25, 0.3) is 0 Å². The van der Waals surface area contributed by atoms with Gasteiger partial charge >= 0.3 is 29.8 Å². The lowest BCUT2D eigenvalue weighted by atomic mass is 9.61. The van der Waals surface area contributed by atoms with Gasteiger partial charge < -0.3 is 44.5 Å². The molecule has 0 amide bonds. The largest absolute Gasteiger partial charge is 0.478 e. The smallest absolute Gasteiger partial charge is 0.337 e. The zero-order valence-corrected chi connectivity index (χ0v) is 34.6. The van der Waals surface area contributed by atoms with Gasteiger partial charge in [-0.1, -0.05) is 65.8 Å². The second-order valence-electron chi connectivity index (χ2n) is 18.1. The van der Waals surface area contributed by atoms with Crippen LogP contribution in [0.4, 0.5) is 0 Å². The normalized spacial score (nSPS) is 34.4. The third-order valence-corrected chi connectivity index (χ3v) is 13.5. The summed E-state index contributed by atoms with van der Waals surface area (Å²) in [6.07, 6.45) is 9.21. The van der Waals surface area contributed by atoms with E-state index in [4.69, 9.17) is 18.9 Å². The van der Waals surface area contributed by atoms with Crippen molar-refractivity contribution in [3.63, 3.8) is 0 Å². The number of aliphatic carboxylic acids is 1. The number of esters is 4. The van der Waals surface area contributed by atoms with Gasteiger partial charge in [0.05, 0.1) is 41.8 Å². The van der Waals surface area contributed by atoms with Gasteiger partial charge in [0.15, 0.2) is 0 Å². The van der Waals surface area contributed by atoms with E-state index in [-0.39, 0.29) is 77.6 Å². The summed E-state index contributed by atoms with van der Waals surface area (Å²) in [7, 11) is 0. The van der Waals surface area contributed by atoms with Crippen LogP contribution in [0.2, 0.25) is 0 Å². The molecular formula is C44H62O14. The number of cyclic esters (lactones) is 2. The van der Waals surface area contributed by atoms with Gasteiger partial charge in [-0.2, -0.15) is 0 Å². The van der Waals surface area contributed by atoms with Crippen LogP contribution < -0.4 is 0 Å². The number of aliphatic hydroxyl groups is 4. The van der Waals surface area contributed by atoms with Gasteiger partial charge in [-0.25, -0.2) is 14.4 Å². The predicted octanol–water partition coefficient (Wildman–Crippen LogP) is 3.70. The minimum absolute atomic E-state index is 0.00277. The number of aliphatic hydroxyl groups excluding tert-OH is 2. The standard InChI is InChI=1S/C44H62O14/c1-23(2)31-8-7-26(17-45)13-27(31)14-28(18-46)39(49)57-21-43(53)12-10-33(25(5)6)35-16-30(20-56-42(52)37(35)43)40(50)58-22-44(54)11-9-32(24(3)4)34-15-29(38(47)48)19-55-41(51)36(34)44/h13-16,23-25,27,31-37,45-46,53-54H,7-12,17-22H2,1-6H3,(H,47,48)/b28-14+/t27-,31-,32-,33-,34-,35-,36-,37-,43-,44-/m1/s1. The number of carboxylic acid groups (broad SMARTS) is 1. The maximum absolute atomic E-state index is 13.8. The Labute approximate surface area is 340 Å². The molecule has 3 aliphatic carbocycles. The van der Waals surface area contributed by atoms with E-state index >= 15 is 0 Å². The average Bonchev–Trinajstić information content (AvgIpc) is 3.47. The summed E-state index contributed by atoms with van der Waals surface area (Å²) >= 11 is 0. The number of hydrogen-bond acceptors (Lipinski definition) is 13. The van der Waals surface area contributed by atoms with Crippen molar-refractivity contribution in [3.05, 3.63) is 46.6 Å². The molecule has 5 rings (SSSR count). The molecule has 0 bridgehead atoms. The number of carbonyl (C=O) groups is 5. The fourth-order valence-corrected chi connectivity index (χ4v) is 10.2. The van der Waals surface area contributed by atoms with E-state index in [9.17, 15) is 49.5 Å². The minimum Gasteiger partial charge on any atom is -0.478 e. The highest BCUT2D eigenvalue weighted by atomic mass is 16.6. The molecule has 0 radical (unpaired) electrons. The molecule has 2 heterocycles. The van der Waals surface area contributed by atoms with Crippen LogP contribution in [0, 0.1) is 65.1 Å². The first-order chi connectivity index (χ1) is 27.3. The average molecular weight is 815 g/mol. The molecule has 5 aliphatic rings. The first-order valence-electron chi connectivity index (χ1n) is 20.7. The van der Waals surface area contributed by atoms with Crippen molar-refractivity contribution in [2.24, 2.45) is 65.1 Å². The topological polar surface area (TPSA) is 223 Å². The molecule has 2 fully saturated rings. The number of carboxylic acids is 1. The summed E-state index contributed by atoms with van der Waals surface area (Å²) in [5.74, 6) is -8.42. The highest BCUT2D eigenvalue weighted by Gasteiger charge is 2.56. The molecule has 10 atom stereocenters. The van der Waals surface area contributed by atoms with Gasteiger partial charge in [0.2, 0.25) is 0 Å². The van der Waals surface area contributed by atoms with E-state index < -0.39 is 97.8 Å². The lowest BCUT2D eigenvalue weighted by Gasteiger charge is -2.46. The lowest BCUT2D eigenvalue weighted by molar-refractivity contribution is -0.182. The Balaban J connectivity index is 1.35. The molecule has 2 saturated carbocycles. The Morgan fingerprint density at radius 2 is 1.26 bits per heavy atom. The van der Waals surface area contributed by atoms with E-state index in [0.717, 1.165) is 18.4 Å². The Morgan fingerprint density at radius 3 is 1.74 bits per heavy atom. The van der Waals surface area contributed by atoms with Crippen molar-refractivity contribution >= 4 is 29.8 Å². The summed E-state index contributed by atoms with van der Waals surface area (Å²) in [6.45, 7) is 9.17. The number of hydrogen-bond donors (Lipinski definition) is 5. The van der Waals surface area contributed by atoms with Gasteiger partial charge in [-0.3, -0.25) is 9.59 Å². The quantitative estimate of drug-likeness (QED) is 0.0775. The molecule has 322 valence electrons. The molecule has 0 saturated heterocycles. The second kappa shape index (κ2) is 18.6. The van der Waals surface area contributed by atoms with Crippen molar-refractivity contribution in [2.75, 3.05) is 39.6 Å². The molecular weight excluding hydrogens is 752 g/mol. The molecule has 58 heavy (non-hydrogen) atoms. The van der Waals surface area contributed by atoms with Crippen molar-refractivity contribution in [1.82, 2.24) is 0 Å². The molecule has 0 aromatic carbocycles. The Hall–Kier alpha value is -3.85. The number of allylic oxidation sites excluding steroid dienone is 4. The van der Waals surface area contributed by atoms with Crippen LogP contribution in [0.15, 0.2) is 46.6 Å². The van der Waals surface area contributed by atoms with Crippen molar-refractivity contribution in [2.45, 2.75) is 91.3 Å². The number of carbonyl (C=O) groups excluding carboxylic acids is 4. The van der Waals surface area contributed by atoms with E-state index in [1.165, 1.54) is 6.08 Å². The molecule has 5 N–H and O–H groups in total. The zero-order chi connectivity index (χ0) is 42.7. The third-order valence-electron chi connectivity index (χ3n) is 13.5. The van der Waals surface area contributed by atoms with Crippen LogP contribution in [-0.2, 0) is 42.9 Å². The van der Waals surface area contributed by atoms with Crippen molar-refractivity contribution in [1.29, 1.82) is 0 Å². The highest BCUT2D eigenvalue weighted by Crippen LogP contribution is 2.49. The first kappa shape index (κ1) is 45.2. The van der Waals surface area contributed by atoms with E-state index in [1.807, 2.05) is 33.8 Å². The monoisotopic (exact) mass is 814 g/mol. The summed E-state index contributed by atoms with van der Waals surface area (Å²) in [5.41, 5.74) is -3.01. The Kier molecular flexibility index (Phi) is 14.5. The van der Waals surface area contributed by atoms with Crippen molar-refractivity contribution < 1.29 is 68.5 Å². The molecule has 14 nitrogen and oxygen atoms in total. The van der Waals surface area contributed by atoms with Crippen molar-refractivity contribution in [3.8, 4) is 0 Å². The van der Waals surface area contributed by atoms with Gasteiger partial charge in [-0.05, 0) is 97.4 Å².